The normalized spacial score (nSPS) is 19.4. The molecule has 18 heavy (non-hydrogen) atoms. The Kier molecular flexibility index (Phi) is 3.45. The van der Waals surface area contributed by atoms with Gasteiger partial charge in [0.15, 0.2) is 0 Å². The average molecular weight is 251 g/mol. The third-order valence-corrected chi connectivity index (χ3v) is 2.72. The third kappa shape index (κ3) is 2.27. The molecule has 1 atom stereocenters. The van der Waals surface area contributed by atoms with E-state index in [4.69, 9.17) is 9.15 Å². The van der Waals surface area contributed by atoms with E-state index in [9.17, 15) is 14.4 Å². The maximum Gasteiger partial charge on any atom is 0.318 e. The lowest BCUT2D eigenvalue weighted by molar-refractivity contribution is -0.151. The van der Waals surface area contributed by atoms with E-state index in [0.29, 0.717) is 5.76 Å². The quantitative estimate of drug-likeness (QED) is 0.439. The van der Waals surface area contributed by atoms with Gasteiger partial charge in [-0.05, 0) is 19.1 Å². The van der Waals surface area contributed by atoms with Gasteiger partial charge in [0.05, 0.1) is 19.4 Å². The molecular weight excluding hydrogens is 238 g/mol. The molecule has 6 nitrogen and oxygen atoms in total. The van der Waals surface area contributed by atoms with Crippen molar-refractivity contribution in [1.29, 1.82) is 0 Å². The van der Waals surface area contributed by atoms with Crippen molar-refractivity contribution in [3.05, 3.63) is 24.2 Å². The summed E-state index contributed by atoms with van der Waals surface area (Å²) < 4.78 is 9.87. The molecule has 1 aromatic rings. The molecule has 1 aliphatic rings. The molecule has 2 rings (SSSR count). The summed E-state index contributed by atoms with van der Waals surface area (Å²) >= 11 is 0. The maximum atomic E-state index is 11.7. The Morgan fingerprint density at radius 1 is 1.56 bits per heavy atom. The predicted octanol–water partition coefficient (Wildman–Crippen LogP) is 0.370. The molecule has 0 aromatic carbocycles. The van der Waals surface area contributed by atoms with Crippen molar-refractivity contribution in [1.82, 2.24) is 4.90 Å². The number of nitrogens with zero attached hydrogens (tertiary/aromatic N) is 1. The Morgan fingerprint density at radius 3 is 2.94 bits per heavy atom. The molecule has 0 saturated carbocycles. The SMILES string of the molecule is CCOC(=O)[C@@H]1CN(Cc2ccco2)C(=O)C1=O. The second-order valence-corrected chi connectivity index (χ2v) is 3.93. The lowest BCUT2D eigenvalue weighted by atomic mass is 10.1. The molecule has 0 aliphatic carbocycles. The maximum absolute atomic E-state index is 11.7. The lowest BCUT2D eigenvalue weighted by Gasteiger charge is -2.13. The second-order valence-electron chi connectivity index (χ2n) is 3.93. The largest absolute Gasteiger partial charge is 0.467 e. The Labute approximate surface area is 103 Å². The molecule has 1 aromatic heterocycles. The van der Waals surface area contributed by atoms with Crippen LogP contribution in [-0.4, -0.2) is 35.7 Å². The summed E-state index contributed by atoms with van der Waals surface area (Å²) in [6.45, 7) is 2.08. The monoisotopic (exact) mass is 251 g/mol. The number of rotatable bonds is 4. The summed E-state index contributed by atoms with van der Waals surface area (Å²) in [5, 5.41) is 0. The van der Waals surface area contributed by atoms with Gasteiger partial charge in [0.25, 0.3) is 5.91 Å². The minimum Gasteiger partial charge on any atom is -0.467 e. The predicted molar refractivity (Wildman–Crippen MR) is 59.3 cm³/mol. The van der Waals surface area contributed by atoms with Gasteiger partial charge in [0.2, 0.25) is 5.78 Å². The number of ketones is 1. The van der Waals surface area contributed by atoms with Crippen molar-refractivity contribution in [3.63, 3.8) is 0 Å². The Balaban J connectivity index is 2.05. The van der Waals surface area contributed by atoms with Crippen LogP contribution in [0, 0.1) is 5.92 Å². The standard InChI is InChI=1S/C12H13NO5/c1-2-17-12(16)9-7-13(11(15)10(9)14)6-8-4-3-5-18-8/h3-5,9H,2,6-7H2,1H3/t9-/m1/s1. The number of carbonyl (C=O) groups excluding carboxylic acids is 3. The minimum atomic E-state index is -1.01. The van der Waals surface area contributed by atoms with E-state index >= 15 is 0 Å². The van der Waals surface area contributed by atoms with E-state index in [-0.39, 0.29) is 19.7 Å². The Hall–Kier alpha value is -2.11. The highest BCUT2D eigenvalue weighted by Crippen LogP contribution is 2.18. The first-order chi connectivity index (χ1) is 8.63. The van der Waals surface area contributed by atoms with Crippen molar-refractivity contribution in [2.45, 2.75) is 13.5 Å². The number of Topliss-reactive ketones (excluding diaryl/α,β-unsaturated/α-hetero) is 1. The molecule has 6 heteroatoms. The summed E-state index contributed by atoms with van der Waals surface area (Å²) in [7, 11) is 0. The van der Waals surface area contributed by atoms with Crippen LogP contribution in [0.15, 0.2) is 22.8 Å². The average Bonchev–Trinajstić information content (AvgIpc) is 2.93. The number of esters is 1. The van der Waals surface area contributed by atoms with Crippen LogP contribution in [0.3, 0.4) is 0 Å². The summed E-state index contributed by atoms with van der Waals surface area (Å²) in [6.07, 6.45) is 1.49. The molecule has 1 aliphatic heterocycles. The van der Waals surface area contributed by atoms with Crippen LogP contribution < -0.4 is 0 Å². The van der Waals surface area contributed by atoms with E-state index in [1.54, 1.807) is 19.1 Å². The number of ether oxygens (including phenoxy) is 1. The topological polar surface area (TPSA) is 76.8 Å². The van der Waals surface area contributed by atoms with Gasteiger partial charge in [-0.15, -0.1) is 0 Å². The molecule has 1 fully saturated rings. The van der Waals surface area contributed by atoms with Crippen LogP contribution in [0.5, 0.6) is 0 Å². The second kappa shape index (κ2) is 5.03. The molecule has 0 radical (unpaired) electrons. The number of amides is 1. The fourth-order valence-electron chi connectivity index (χ4n) is 1.84. The number of hydrogen-bond donors (Lipinski definition) is 0. The zero-order chi connectivity index (χ0) is 13.1. The Bertz CT molecular complexity index is 465. The number of likely N-dealkylation sites (tertiary alicyclic amines) is 1. The molecule has 1 saturated heterocycles. The van der Waals surface area contributed by atoms with Gasteiger partial charge < -0.3 is 14.1 Å². The molecule has 0 N–H and O–H groups in total. The summed E-state index contributed by atoms with van der Waals surface area (Å²) in [6, 6.07) is 3.40. The summed E-state index contributed by atoms with van der Waals surface area (Å²) in [4.78, 5) is 36.1. The van der Waals surface area contributed by atoms with Gasteiger partial charge >= 0.3 is 5.97 Å². The molecular formula is C12H13NO5. The van der Waals surface area contributed by atoms with Crippen LogP contribution in [0.1, 0.15) is 12.7 Å². The number of carbonyl (C=O) groups is 3. The van der Waals surface area contributed by atoms with Crippen LogP contribution in [0.25, 0.3) is 0 Å². The molecule has 0 bridgehead atoms. The van der Waals surface area contributed by atoms with Gasteiger partial charge in [-0.1, -0.05) is 0 Å². The molecule has 0 unspecified atom stereocenters. The third-order valence-electron chi connectivity index (χ3n) is 2.72. The molecule has 1 amide bonds. The molecule has 96 valence electrons. The van der Waals surface area contributed by atoms with E-state index in [2.05, 4.69) is 0 Å². The number of furan rings is 1. The summed E-state index contributed by atoms with van der Waals surface area (Å²) in [5.74, 6) is -2.45. The fourth-order valence-corrected chi connectivity index (χ4v) is 1.84. The van der Waals surface area contributed by atoms with Crippen molar-refractivity contribution in [2.24, 2.45) is 5.92 Å². The van der Waals surface area contributed by atoms with Crippen molar-refractivity contribution < 1.29 is 23.5 Å². The van der Waals surface area contributed by atoms with Crippen molar-refractivity contribution >= 4 is 17.7 Å². The Morgan fingerprint density at radius 2 is 2.33 bits per heavy atom. The van der Waals surface area contributed by atoms with Crippen LogP contribution >= 0.6 is 0 Å². The van der Waals surface area contributed by atoms with E-state index in [1.165, 1.54) is 11.2 Å². The first-order valence-corrected chi connectivity index (χ1v) is 5.65. The van der Waals surface area contributed by atoms with Gasteiger partial charge in [-0.25, -0.2) is 0 Å². The first-order valence-electron chi connectivity index (χ1n) is 5.65. The molecule has 0 spiro atoms. The fraction of sp³-hybridized carbons (Fsp3) is 0.417. The van der Waals surface area contributed by atoms with Crippen molar-refractivity contribution in [3.8, 4) is 0 Å². The van der Waals surface area contributed by atoms with Crippen LogP contribution in [0.4, 0.5) is 0 Å². The van der Waals surface area contributed by atoms with Gasteiger partial charge in [-0.3, -0.25) is 14.4 Å². The van der Waals surface area contributed by atoms with Gasteiger partial charge in [0, 0.05) is 6.54 Å². The van der Waals surface area contributed by atoms with Crippen LogP contribution in [0.2, 0.25) is 0 Å². The zero-order valence-corrected chi connectivity index (χ0v) is 9.92. The minimum absolute atomic E-state index is 0.0528. The van der Waals surface area contributed by atoms with E-state index < -0.39 is 23.6 Å². The van der Waals surface area contributed by atoms with E-state index in [0.717, 1.165) is 0 Å². The lowest BCUT2D eigenvalue weighted by Crippen LogP contribution is -2.26. The number of hydrogen-bond acceptors (Lipinski definition) is 5. The highest BCUT2D eigenvalue weighted by molar-refractivity contribution is 6.42. The summed E-state index contributed by atoms with van der Waals surface area (Å²) in [5.41, 5.74) is 0. The van der Waals surface area contributed by atoms with Crippen LogP contribution in [-0.2, 0) is 25.7 Å². The van der Waals surface area contributed by atoms with E-state index in [1.807, 2.05) is 0 Å². The first kappa shape index (κ1) is 12.3. The smallest absolute Gasteiger partial charge is 0.318 e. The molecule has 2 heterocycles. The van der Waals surface area contributed by atoms with Crippen molar-refractivity contribution in [2.75, 3.05) is 13.2 Å². The highest BCUT2D eigenvalue weighted by Gasteiger charge is 2.44. The van der Waals surface area contributed by atoms with Gasteiger partial charge in [-0.2, -0.15) is 0 Å². The zero-order valence-electron chi connectivity index (χ0n) is 9.92. The highest BCUT2D eigenvalue weighted by atomic mass is 16.5. The van der Waals surface area contributed by atoms with Gasteiger partial charge in [0.1, 0.15) is 11.7 Å².